The number of aromatic nitrogens is 3. The van der Waals surface area contributed by atoms with E-state index >= 15 is 0 Å². The van der Waals surface area contributed by atoms with Gasteiger partial charge in [0.25, 0.3) is 0 Å². The highest BCUT2D eigenvalue weighted by Crippen LogP contribution is 2.29. The zero-order valence-corrected chi connectivity index (χ0v) is 16.5. The molecule has 3 N–H and O–H groups in total. The molecule has 0 aliphatic heterocycles. The van der Waals surface area contributed by atoms with Gasteiger partial charge in [0.15, 0.2) is 11.6 Å². The molecule has 0 spiro atoms. The summed E-state index contributed by atoms with van der Waals surface area (Å²) in [5.74, 6) is 5.64. The maximum Gasteiger partial charge on any atom is 0.237 e. The number of anilines is 1. The number of amides is 1. The van der Waals surface area contributed by atoms with Gasteiger partial charge in [0, 0.05) is 27.9 Å². The van der Waals surface area contributed by atoms with Crippen molar-refractivity contribution < 1.29 is 14.4 Å². The molecule has 1 heterocycles. The normalized spacial score (nSPS) is 13.6. The van der Waals surface area contributed by atoms with Crippen LogP contribution in [0, 0.1) is 6.92 Å². The number of hydrogen-bond donors (Lipinski definition) is 2. The molecule has 1 amide bonds. The molecular formula is C20H17N5O3S. The molecule has 3 aromatic rings. The van der Waals surface area contributed by atoms with E-state index in [4.69, 9.17) is 5.84 Å². The van der Waals surface area contributed by atoms with Crippen LogP contribution in [0.25, 0.3) is 0 Å². The van der Waals surface area contributed by atoms with E-state index in [9.17, 15) is 14.4 Å². The zero-order chi connectivity index (χ0) is 20.7. The molecule has 0 unspecified atom stereocenters. The van der Waals surface area contributed by atoms with Crippen LogP contribution >= 0.6 is 11.8 Å². The molecule has 2 aromatic carbocycles. The Kier molecular flexibility index (Phi) is 4.67. The minimum Gasteiger partial charge on any atom is -0.336 e. The summed E-state index contributed by atoms with van der Waals surface area (Å²) in [5, 5.41) is 10.5. The van der Waals surface area contributed by atoms with E-state index in [1.54, 1.807) is 50.2 Å². The van der Waals surface area contributed by atoms with Crippen LogP contribution in [0.5, 0.6) is 0 Å². The topological polar surface area (TPSA) is 120 Å². The van der Waals surface area contributed by atoms with Crippen LogP contribution in [0.15, 0.2) is 47.6 Å². The van der Waals surface area contributed by atoms with Crippen molar-refractivity contribution >= 4 is 34.9 Å². The molecule has 1 aliphatic rings. The first-order chi connectivity index (χ1) is 13.9. The molecule has 0 fully saturated rings. The van der Waals surface area contributed by atoms with Gasteiger partial charge in [-0.25, -0.2) is 4.68 Å². The second-order valence-corrected chi connectivity index (χ2v) is 7.92. The first kappa shape index (κ1) is 18.9. The molecule has 8 nitrogen and oxygen atoms in total. The number of aryl methyl sites for hydroxylation is 1. The molecule has 4 rings (SSSR count). The monoisotopic (exact) mass is 407 g/mol. The van der Waals surface area contributed by atoms with Crippen LogP contribution < -0.4 is 11.2 Å². The molecule has 146 valence electrons. The van der Waals surface area contributed by atoms with Crippen molar-refractivity contribution in [2.45, 2.75) is 24.3 Å². The third-order valence-electron chi connectivity index (χ3n) is 4.68. The molecular weight excluding hydrogens is 390 g/mol. The Morgan fingerprint density at radius 1 is 1.03 bits per heavy atom. The van der Waals surface area contributed by atoms with Crippen LogP contribution in [-0.4, -0.2) is 37.6 Å². The van der Waals surface area contributed by atoms with E-state index in [1.807, 2.05) is 0 Å². The Bertz CT molecular complexity index is 1170. The lowest BCUT2D eigenvalue weighted by Gasteiger charge is -2.18. The van der Waals surface area contributed by atoms with Gasteiger partial charge in [0.2, 0.25) is 11.1 Å². The Morgan fingerprint density at radius 2 is 1.66 bits per heavy atom. The highest BCUT2D eigenvalue weighted by molar-refractivity contribution is 8.00. The highest BCUT2D eigenvalue weighted by atomic mass is 32.2. The van der Waals surface area contributed by atoms with E-state index in [1.165, 1.54) is 22.5 Å². The van der Waals surface area contributed by atoms with Gasteiger partial charge in [-0.05, 0) is 32.0 Å². The van der Waals surface area contributed by atoms with Crippen molar-refractivity contribution in [3.05, 3.63) is 70.5 Å². The number of nitrogens with two attached hydrogens (primary N) is 1. The van der Waals surface area contributed by atoms with Gasteiger partial charge >= 0.3 is 0 Å². The minimum absolute atomic E-state index is 0.199. The molecule has 1 atom stereocenters. The number of nitrogens with one attached hydrogen (secondary N) is 1. The molecule has 0 saturated heterocycles. The molecule has 1 aromatic heterocycles. The number of fused-ring (bicyclic) bond motifs is 2. The average Bonchev–Trinajstić information content (AvgIpc) is 3.04. The summed E-state index contributed by atoms with van der Waals surface area (Å²) < 4.78 is 1.31. The Hall–Kier alpha value is -3.46. The third kappa shape index (κ3) is 3.29. The smallest absolute Gasteiger partial charge is 0.237 e. The van der Waals surface area contributed by atoms with Crippen molar-refractivity contribution in [2.75, 3.05) is 11.2 Å². The second kappa shape index (κ2) is 7.17. The van der Waals surface area contributed by atoms with E-state index in [-0.39, 0.29) is 23.0 Å². The van der Waals surface area contributed by atoms with Gasteiger partial charge in [-0.15, -0.1) is 10.2 Å². The second-order valence-electron chi connectivity index (χ2n) is 6.61. The van der Waals surface area contributed by atoms with Crippen molar-refractivity contribution in [1.82, 2.24) is 14.9 Å². The summed E-state index contributed by atoms with van der Waals surface area (Å²) in [7, 11) is 0. The first-order valence-corrected chi connectivity index (χ1v) is 9.72. The molecule has 1 aliphatic carbocycles. The van der Waals surface area contributed by atoms with Gasteiger partial charge in [0.1, 0.15) is 5.82 Å². The van der Waals surface area contributed by atoms with Crippen LogP contribution in [0.4, 0.5) is 5.69 Å². The number of nitrogens with zero attached hydrogens (tertiary/aromatic N) is 3. The lowest BCUT2D eigenvalue weighted by atomic mass is 9.84. The van der Waals surface area contributed by atoms with Crippen molar-refractivity contribution in [3.8, 4) is 0 Å². The highest BCUT2D eigenvalue weighted by Gasteiger charge is 2.29. The van der Waals surface area contributed by atoms with Crippen LogP contribution in [-0.2, 0) is 4.79 Å². The largest absolute Gasteiger partial charge is 0.336 e. The molecule has 29 heavy (non-hydrogen) atoms. The van der Waals surface area contributed by atoms with E-state index in [0.717, 1.165) is 0 Å². The summed E-state index contributed by atoms with van der Waals surface area (Å²) in [5.41, 5.74) is 1.82. The number of benzene rings is 2. The number of rotatable bonds is 4. The number of ketones is 2. The number of thioether (sulfide) groups is 1. The number of carbonyl (C=O) groups excluding carboxylic acids is 3. The number of nitrogen functional groups attached to an aromatic ring is 1. The standard InChI is InChI=1S/C20H17N5O3S/c1-10(29-20-24-23-11(2)25(20)21)19(28)22-12-7-8-15-16(9-12)18(27)14-6-4-3-5-13(14)17(15)26/h3-10H,21H2,1-2H3,(H,22,28)/t10-/m0/s1. The van der Waals surface area contributed by atoms with E-state index < -0.39 is 5.25 Å². The van der Waals surface area contributed by atoms with E-state index in [2.05, 4.69) is 15.5 Å². The minimum atomic E-state index is -0.505. The Balaban J connectivity index is 1.55. The Morgan fingerprint density at radius 3 is 2.28 bits per heavy atom. The molecule has 0 radical (unpaired) electrons. The Labute approximate surface area is 170 Å². The van der Waals surface area contributed by atoms with Gasteiger partial charge < -0.3 is 11.2 Å². The fourth-order valence-corrected chi connectivity index (χ4v) is 3.88. The fraction of sp³-hybridized carbons (Fsp3) is 0.150. The lowest BCUT2D eigenvalue weighted by Crippen LogP contribution is -2.25. The van der Waals surface area contributed by atoms with Crippen LogP contribution in [0.2, 0.25) is 0 Å². The molecule has 9 heteroatoms. The SMILES string of the molecule is Cc1nnc(S[C@@H](C)C(=O)Nc2ccc3c(c2)C(=O)c2ccccc2C3=O)n1N. The van der Waals surface area contributed by atoms with E-state index in [0.29, 0.717) is 33.4 Å². The average molecular weight is 407 g/mol. The maximum absolute atomic E-state index is 12.8. The lowest BCUT2D eigenvalue weighted by molar-refractivity contribution is -0.115. The van der Waals surface area contributed by atoms with Gasteiger partial charge in [-0.2, -0.15) is 0 Å². The third-order valence-corrected chi connectivity index (χ3v) is 5.74. The van der Waals surface area contributed by atoms with Gasteiger partial charge in [0.05, 0.1) is 5.25 Å². The summed E-state index contributed by atoms with van der Waals surface area (Å²) in [6, 6.07) is 11.4. The molecule has 0 bridgehead atoms. The quantitative estimate of drug-likeness (QED) is 0.393. The van der Waals surface area contributed by atoms with Crippen LogP contribution in [0.3, 0.4) is 0 Å². The zero-order valence-electron chi connectivity index (χ0n) is 15.7. The van der Waals surface area contributed by atoms with Gasteiger partial charge in [-0.1, -0.05) is 36.0 Å². The van der Waals surface area contributed by atoms with Crippen LogP contribution in [0.1, 0.15) is 44.6 Å². The predicted octanol–water partition coefficient (Wildman–Crippen LogP) is 2.20. The predicted molar refractivity (Wildman–Crippen MR) is 109 cm³/mol. The fourth-order valence-electron chi connectivity index (χ4n) is 3.06. The molecule has 0 saturated carbocycles. The van der Waals surface area contributed by atoms with Gasteiger partial charge in [-0.3, -0.25) is 14.4 Å². The maximum atomic E-state index is 12.8. The summed E-state index contributed by atoms with van der Waals surface area (Å²) in [6.45, 7) is 3.43. The van der Waals surface area contributed by atoms with Crippen molar-refractivity contribution in [1.29, 1.82) is 0 Å². The summed E-state index contributed by atoms with van der Waals surface area (Å²) >= 11 is 1.17. The number of hydrogen-bond acceptors (Lipinski definition) is 7. The number of carbonyl (C=O) groups is 3. The van der Waals surface area contributed by atoms with Crippen molar-refractivity contribution in [3.63, 3.8) is 0 Å². The first-order valence-electron chi connectivity index (χ1n) is 8.84. The summed E-state index contributed by atoms with van der Waals surface area (Å²) in [4.78, 5) is 38.0. The van der Waals surface area contributed by atoms with Crippen molar-refractivity contribution in [2.24, 2.45) is 0 Å². The summed E-state index contributed by atoms with van der Waals surface area (Å²) in [6.07, 6.45) is 0.